The molecule has 1 aliphatic carbocycles. The Kier molecular flexibility index (Phi) is 4.81. The molecule has 1 fully saturated rings. The first-order chi connectivity index (χ1) is 11.4. The summed E-state index contributed by atoms with van der Waals surface area (Å²) in [4.78, 5) is 12.5. The molecule has 0 radical (unpaired) electrons. The molecule has 2 aromatic rings. The van der Waals surface area contributed by atoms with Gasteiger partial charge in [-0.3, -0.25) is 4.79 Å². The molecule has 0 spiro atoms. The molecule has 0 saturated heterocycles. The van der Waals surface area contributed by atoms with E-state index in [9.17, 15) is 14.3 Å². The number of hydrogen-bond donors (Lipinski definition) is 2. The Morgan fingerprint density at radius 1 is 1.25 bits per heavy atom. The first-order valence-electron chi connectivity index (χ1n) is 7.60. The smallest absolute Gasteiger partial charge is 0.230 e. The van der Waals surface area contributed by atoms with Crippen LogP contribution in [0.2, 0.25) is 10.0 Å². The van der Waals surface area contributed by atoms with Crippen molar-refractivity contribution < 1.29 is 14.3 Å². The molecule has 0 aliphatic heterocycles. The van der Waals surface area contributed by atoms with Gasteiger partial charge in [0.1, 0.15) is 5.82 Å². The number of amides is 1. The predicted molar refractivity (Wildman–Crippen MR) is 91.7 cm³/mol. The highest BCUT2D eigenvalue weighted by atomic mass is 35.5. The Balaban J connectivity index is 1.68. The van der Waals surface area contributed by atoms with Gasteiger partial charge in [0.25, 0.3) is 0 Å². The van der Waals surface area contributed by atoms with E-state index in [0.29, 0.717) is 34.0 Å². The number of rotatable bonds is 5. The molecule has 126 valence electrons. The van der Waals surface area contributed by atoms with Gasteiger partial charge in [0.05, 0.1) is 11.5 Å². The van der Waals surface area contributed by atoms with Gasteiger partial charge in [-0.25, -0.2) is 4.39 Å². The van der Waals surface area contributed by atoms with E-state index < -0.39 is 11.5 Å². The van der Waals surface area contributed by atoms with Gasteiger partial charge in [-0.1, -0.05) is 47.5 Å². The molecule has 0 bridgehead atoms. The Morgan fingerprint density at radius 2 is 1.96 bits per heavy atom. The highest BCUT2D eigenvalue weighted by Crippen LogP contribution is 2.49. The Labute approximate surface area is 149 Å². The molecule has 1 saturated carbocycles. The number of carbonyl (C=O) groups excluding carboxylic acids is 1. The molecule has 24 heavy (non-hydrogen) atoms. The molecule has 2 N–H and O–H groups in total. The highest BCUT2D eigenvalue weighted by molar-refractivity contribution is 6.35. The molecule has 6 heteroatoms. The van der Waals surface area contributed by atoms with Crippen LogP contribution in [0.4, 0.5) is 4.39 Å². The van der Waals surface area contributed by atoms with Crippen LogP contribution in [-0.4, -0.2) is 17.6 Å². The number of halogens is 3. The molecule has 2 aromatic carbocycles. The number of aliphatic hydroxyl groups excluding tert-OH is 1. The van der Waals surface area contributed by atoms with Crippen molar-refractivity contribution in [2.45, 2.75) is 24.4 Å². The summed E-state index contributed by atoms with van der Waals surface area (Å²) in [5.41, 5.74) is 0.0631. The van der Waals surface area contributed by atoms with Crippen molar-refractivity contribution in [3.8, 4) is 0 Å². The van der Waals surface area contributed by atoms with E-state index in [4.69, 9.17) is 23.2 Å². The number of carbonyl (C=O) groups is 1. The van der Waals surface area contributed by atoms with Crippen molar-refractivity contribution >= 4 is 29.1 Å². The number of benzene rings is 2. The number of aliphatic hydroxyl groups is 1. The molecule has 0 heterocycles. The van der Waals surface area contributed by atoms with Crippen molar-refractivity contribution in [2.75, 3.05) is 6.54 Å². The zero-order valence-corrected chi connectivity index (χ0v) is 14.2. The van der Waals surface area contributed by atoms with Crippen molar-refractivity contribution in [3.05, 3.63) is 69.5 Å². The monoisotopic (exact) mass is 367 g/mol. The van der Waals surface area contributed by atoms with E-state index in [-0.39, 0.29) is 18.3 Å². The van der Waals surface area contributed by atoms with Crippen molar-refractivity contribution in [2.24, 2.45) is 0 Å². The van der Waals surface area contributed by atoms with Gasteiger partial charge in [0.2, 0.25) is 5.91 Å². The van der Waals surface area contributed by atoms with Gasteiger partial charge < -0.3 is 10.4 Å². The second-order valence-corrected chi connectivity index (χ2v) is 6.80. The van der Waals surface area contributed by atoms with E-state index in [1.54, 1.807) is 30.3 Å². The van der Waals surface area contributed by atoms with E-state index in [0.717, 1.165) is 0 Å². The van der Waals surface area contributed by atoms with Crippen LogP contribution in [0.15, 0.2) is 42.5 Å². The van der Waals surface area contributed by atoms with E-state index in [1.165, 1.54) is 12.1 Å². The largest absolute Gasteiger partial charge is 0.387 e. The van der Waals surface area contributed by atoms with Crippen LogP contribution in [-0.2, 0) is 10.2 Å². The molecule has 1 atom stereocenters. The fourth-order valence-corrected chi connectivity index (χ4v) is 3.37. The third-order valence-electron chi connectivity index (χ3n) is 4.35. The Bertz CT molecular complexity index is 777. The lowest BCUT2D eigenvalue weighted by atomic mass is 9.94. The quantitative estimate of drug-likeness (QED) is 0.838. The minimum absolute atomic E-state index is 0.00358. The summed E-state index contributed by atoms with van der Waals surface area (Å²) in [6, 6.07) is 11.1. The fraction of sp³-hybridized carbons (Fsp3) is 0.278. The zero-order valence-electron chi connectivity index (χ0n) is 12.7. The van der Waals surface area contributed by atoms with E-state index in [1.807, 2.05) is 0 Å². The van der Waals surface area contributed by atoms with E-state index >= 15 is 0 Å². The van der Waals surface area contributed by atoms with Crippen molar-refractivity contribution in [1.82, 2.24) is 5.32 Å². The zero-order chi connectivity index (χ0) is 17.3. The molecule has 3 rings (SSSR count). The van der Waals surface area contributed by atoms with Gasteiger partial charge >= 0.3 is 0 Å². The predicted octanol–water partition coefficient (Wildman–Crippen LogP) is 4.01. The maximum atomic E-state index is 14.0. The lowest BCUT2D eigenvalue weighted by molar-refractivity contribution is -0.124. The van der Waals surface area contributed by atoms with Gasteiger partial charge in [0, 0.05) is 27.7 Å². The van der Waals surface area contributed by atoms with Crippen LogP contribution >= 0.6 is 23.2 Å². The summed E-state index contributed by atoms with van der Waals surface area (Å²) in [5.74, 6) is -0.664. The van der Waals surface area contributed by atoms with Crippen molar-refractivity contribution in [3.63, 3.8) is 0 Å². The molecule has 0 unspecified atom stereocenters. The SMILES string of the molecule is O=C(NC[C@H](O)c1ccc(Cl)cc1Cl)C1(c2ccccc2F)CC1. The standard InChI is InChI=1S/C18H16Cl2FNO2/c19-11-5-6-12(14(20)9-11)16(23)10-22-17(24)18(7-8-18)13-3-1-2-4-15(13)21/h1-6,9,16,23H,7-8,10H2,(H,22,24)/t16-/m0/s1. The van der Waals surface area contributed by atoms with Crippen LogP contribution in [0.5, 0.6) is 0 Å². The van der Waals surface area contributed by atoms with Gasteiger partial charge in [-0.15, -0.1) is 0 Å². The maximum absolute atomic E-state index is 14.0. The molecule has 3 nitrogen and oxygen atoms in total. The lowest BCUT2D eigenvalue weighted by Gasteiger charge is -2.19. The van der Waals surface area contributed by atoms with E-state index in [2.05, 4.69) is 5.32 Å². The minimum Gasteiger partial charge on any atom is -0.387 e. The van der Waals surface area contributed by atoms with Gasteiger partial charge in [-0.2, -0.15) is 0 Å². The molecule has 0 aromatic heterocycles. The third-order valence-corrected chi connectivity index (χ3v) is 4.91. The topological polar surface area (TPSA) is 49.3 Å². The average Bonchev–Trinajstić information content (AvgIpc) is 3.34. The molecular weight excluding hydrogens is 352 g/mol. The van der Waals surface area contributed by atoms with Crippen molar-refractivity contribution in [1.29, 1.82) is 0 Å². The first-order valence-corrected chi connectivity index (χ1v) is 8.36. The van der Waals surface area contributed by atoms with Crippen LogP contribution in [0.1, 0.15) is 30.1 Å². The maximum Gasteiger partial charge on any atom is 0.230 e. The summed E-state index contributed by atoms with van der Waals surface area (Å²) >= 11 is 11.9. The summed E-state index contributed by atoms with van der Waals surface area (Å²) in [5, 5.41) is 13.7. The highest BCUT2D eigenvalue weighted by Gasteiger charge is 2.52. The third kappa shape index (κ3) is 3.27. The Morgan fingerprint density at radius 3 is 2.58 bits per heavy atom. The van der Waals surface area contributed by atoms with Crippen LogP contribution in [0.3, 0.4) is 0 Å². The van der Waals surface area contributed by atoms with Crippen LogP contribution in [0, 0.1) is 5.82 Å². The molecule has 1 amide bonds. The van der Waals surface area contributed by atoms with Gasteiger partial charge in [0.15, 0.2) is 0 Å². The summed E-state index contributed by atoms with van der Waals surface area (Å²) < 4.78 is 14.0. The van der Waals surface area contributed by atoms with Gasteiger partial charge in [-0.05, 0) is 31.0 Å². The second-order valence-electron chi connectivity index (χ2n) is 5.95. The lowest BCUT2D eigenvalue weighted by Crippen LogP contribution is -2.37. The fourth-order valence-electron chi connectivity index (χ4n) is 2.83. The van der Waals surface area contributed by atoms with Crippen LogP contribution in [0.25, 0.3) is 0 Å². The summed E-state index contributed by atoms with van der Waals surface area (Å²) in [6.45, 7) is -0.00358. The molecule has 1 aliphatic rings. The number of hydrogen-bond acceptors (Lipinski definition) is 2. The first kappa shape index (κ1) is 17.2. The summed E-state index contributed by atoms with van der Waals surface area (Å²) in [7, 11) is 0. The minimum atomic E-state index is -0.963. The number of nitrogens with one attached hydrogen (secondary N) is 1. The average molecular weight is 368 g/mol. The summed E-state index contributed by atoms with van der Waals surface area (Å²) in [6.07, 6.45) is 0.227. The van der Waals surface area contributed by atoms with Crippen LogP contribution < -0.4 is 5.32 Å². The second kappa shape index (κ2) is 6.71. The molecular formula is C18H16Cl2FNO2. The normalized spacial score (nSPS) is 16.5. The Hall–Kier alpha value is -1.62.